The van der Waals surface area contributed by atoms with Gasteiger partial charge in [-0.1, -0.05) is 31.2 Å². The number of nitrogens with zero attached hydrogens (tertiary/aromatic N) is 1. The van der Waals surface area contributed by atoms with E-state index in [1.807, 2.05) is 41.3 Å². The fraction of sp³-hybridized carbons (Fsp3) is 0.273. The summed E-state index contributed by atoms with van der Waals surface area (Å²) in [5.41, 5.74) is 3.31. The molecule has 0 aromatic heterocycles. The molecule has 3 rings (SSSR count). The summed E-state index contributed by atoms with van der Waals surface area (Å²) in [5, 5.41) is 0. The summed E-state index contributed by atoms with van der Waals surface area (Å²) in [5.74, 6) is 0.425. The molecule has 1 aliphatic heterocycles. The zero-order chi connectivity index (χ0) is 20.1. The fourth-order valence-electron chi connectivity index (χ4n) is 3.15. The SMILES string of the molecule is CCCN1C(=O)/C(=C\c2ccc(OCC(=O)OC)c(OC)c2)c2ccccc21. The van der Waals surface area contributed by atoms with Gasteiger partial charge in [-0.3, -0.25) is 4.79 Å². The largest absolute Gasteiger partial charge is 0.493 e. The van der Waals surface area contributed by atoms with Crippen LogP contribution in [0.5, 0.6) is 11.5 Å². The van der Waals surface area contributed by atoms with Crippen molar-refractivity contribution in [2.75, 3.05) is 32.3 Å². The molecule has 6 heteroatoms. The van der Waals surface area contributed by atoms with Crippen LogP contribution in [0.4, 0.5) is 5.69 Å². The molecule has 1 amide bonds. The first-order chi connectivity index (χ1) is 13.6. The van der Waals surface area contributed by atoms with Gasteiger partial charge in [-0.2, -0.15) is 0 Å². The van der Waals surface area contributed by atoms with E-state index in [1.165, 1.54) is 14.2 Å². The number of amides is 1. The molecule has 2 aromatic rings. The monoisotopic (exact) mass is 381 g/mol. The zero-order valence-corrected chi connectivity index (χ0v) is 16.2. The third-order valence-electron chi connectivity index (χ3n) is 4.48. The van der Waals surface area contributed by atoms with Crippen molar-refractivity contribution in [1.29, 1.82) is 0 Å². The highest BCUT2D eigenvalue weighted by molar-refractivity contribution is 6.35. The summed E-state index contributed by atoms with van der Waals surface area (Å²) in [6.45, 7) is 2.53. The van der Waals surface area contributed by atoms with Gasteiger partial charge in [0.2, 0.25) is 0 Å². The number of esters is 1. The van der Waals surface area contributed by atoms with Gasteiger partial charge in [0.15, 0.2) is 18.1 Å². The quantitative estimate of drug-likeness (QED) is 0.542. The van der Waals surface area contributed by atoms with Crippen molar-refractivity contribution < 1.29 is 23.8 Å². The number of hydrogen-bond donors (Lipinski definition) is 0. The Balaban J connectivity index is 1.93. The topological polar surface area (TPSA) is 65.1 Å². The van der Waals surface area contributed by atoms with E-state index in [4.69, 9.17) is 9.47 Å². The predicted molar refractivity (Wildman–Crippen MR) is 107 cm³/mol. The average molecular weight is 381 g/mol. The van der Waals surface area contributed by atoms with Crippen LogP contribution in [0.25, 0.3) is 11.6 Å². The van der Waals surface area contributed by atoms with Gasteiger partial charge in [0.05, 0.1) is 19.9 Å². The number of fused-ring (bicyclic) bond motifs is 1. The van der Waals surface area contributed by atoms with Crippen LogP contribution in [0.1, 0.15) is 24.5 Å². The first-order valence-corrected chi connectivity index (χ1v) is 9.09. The zero-order valence-electron chi connectivity index (χ0n) is 16.2. The molecule has 6 nitrogen and oxygen atoms in total. The smallest absolute Gasteiger partial charge is 0.343 e. The van der Waals surface area contributed by atoms with E-state index in [1.54, 1.807) is 12.1 Å². The molecule has 0 spiro atoms. The molecular weight excluding hydrogens is 358 g/mol. The number of carbonyl (C=O) groups is 2. The van der Waals surface area contributed by atoms with Crippen molar-refractivity contribution in [2.24, 2.45) is 0 Å². The second-order valence-electron chi connectivity index (χ2n) is 6.31. The fourth-order valence-corrected chi connectivity index (χ4v) is 3.15. The summed E-state index contributed by atoms with van der Waals surface area (Å²) >= 11 is 0. The van der Waals surface area contributed by atoms with Crippen LogP contribution in [0.15, 0.2) is 42.5 Å². The molecule has 0 fully saturated rings. The summed E-state index contributed by atoms with van der Waals surface area (Å²) in [7, 11) is 2.83. The standard InChI is InChI=1S/C22H23NO5/c1-4-11-23-18-8-6-5-7-16(18)17(22(23)25)12-15-9-10-19(20(13-15)26-2)28-14-21(24)27-3/h5-10,12-13H,4,11,14H2,1-3H3/b17-12-. The van der Waals surface area contributed by atoms with E-state index in [0.717, 1.165) is 23.2 Å². The molecule has 0 N–H and O–H groups in total. The predicted octanol–water partition coefficient (Wildman–Crippen LogP) is 3.54. The Morgan fingerprint density at radius 1 is 1.11 bits per heavy atom. The van der Waals surface area contributed by atoms with Crippen LogP contribution >= 0.6 is 0 Å². The molecule has 0 unspecified atom stereocenters. The van der Waals surface area contributed by atoms with Crippen molar-refractivity contribution in [1.82, 2.24) is 0 Å². The van der Waals surface area contributed by atoms with Crippen LogP contribution in [-0.4, -0.2) is 39.2 Å². The molecule has 146 valence electrons. The van der Waals surface area contributed by atoms with Crippen LogP contribution in [0.2, 0.25) is 0 Å². The highest BCUT2D eigenvalue weighted by Crippen LogP contribution is 2.38. The van der Waals surface area contributed by atoms with Crippen LogP contribution in [0.3, 0.4) is 0 Å². The van der Waals surface area contributed by atoms with Crippen molar-refractivity contribution in [2.45, 2.75) is 13.3 Å². The Labute approximate surface area is 164 Å². The van der Waals surface area contributed by atoms with Gasteiger partial charge in [-0.25, -0.2) is 4.79 Å². The van der Waals surface area contributed by atoms with Gasteiger partial charge >= 0.3 is 5.97 Å². The lowest BCUT2D eigenvalue weighted by Gasteiger charge is -2.15. The van der Waals surface area contributed by atoms with Gasteiger partial charge < -0.3 is 19.1 Å². The Morgan fingerprint density at radius 3 is 2.61 bits per heavy atom. The Bertz CT molecular complexity index is 919. The highest BCUT2D eigenvalue weighted by atomic mass is 16.6. The van der Waals surface area contributed by atoms with Gasteiger partial charge in [-0.15, -0.1) is 0 Å². The molecular formula is C22H23NO5. The van der Waals surface area contributed by atoms with Crippen LogP contribution in [0, 0.1) is 0 Å². The lowest BCUT2D eigenvalue weighted by Crippen LogP contribution is -2.26. The van der Waals surface area contributed by atoms with Crippen molar-refractivity contribution in [3.63, 3.8) is 0 Å². The maximum absolute atomic E-state index is 12.9. The Kier molecular flexibility index (Phi) is 5.99. The maximum atomic E-state index is 12.9. The van der Waals surface area contributed by atoms with Crippen molar-refractivity contribution >= 4 is 29.2 Å². The van der Waals surface area contributed by atoms with E-state index in [0.29, 0.717) is 23.6 Å². The van der Waals surface area contributed by atoms with Crippen LogP contribution in [-0.2, 0) is 14.3 Å². The van der Waals surface area contributed by atoms with Crippen molar-refractivity contribution in [3.8, 4) is 11.5 Å². The first-order valence-electron chi connectivity index (χ1n) is 9.09. The molecule has 1 heterocycles. The van der Waals surface area contributed by atoms with Gasteiger partial charge in [0.25, 0.3) is 5.91 Å². The molecule has 0 atom stereocenters. The minimum absolute atomic E-state index is 0.00645. The van der Waals surface area contributed by atoms with E-state index in [2.05, 4.69) is 11.7 Å². The summed E-state index contributed by atoms with van der Waals surface area (Å²) in [4.78, 5) is 26.0. The van der Waals surface area contributed by atoms with E-state index in [-0.39, 0.29) is 12.5 Å². The van der Waals surface area contributed by atoms with E-state index < -0.39 is 5.97 Å². The van der Waals surface area contributed by atoms with E-state index >= 15 is 0 Å². The molecule has 0 aliphatic carbocycles. The maximum Gasteiger partial charge on any atom is 0.343 e. The number of hydrogen-bond acceptors (Lipinski definition) is 5. The number of rotatable bonds is 7. The Morgan fingerprint density at radius 2 is 1.89 bits per heavy atom. The number of carbonyl (C=O) groups excluding carboxylic acids is 2. The van der Waals surface area contributed by atoms with Crippen molar-refractivity contribution in [3.05, 3.63) is 53.6 Å². The molecule has 0 saturated carbocycles. The van der Waals surface area contributed by atoms with Gasteiger partial charge in [0, 0.05) is 17.7 Å². The molecule has 1 aliphatic rings. The van der Waals surface area contributed by atoms with Gasteiger partial charge in [0.1, 0.15) is 0 Å². The lowest BCUT2D eigenvalue weighted by atomic mass is 10.0. The summed E-state index contributed by atoms with van der Waals surface area (Å²) in [6.07, 6.45) is 2.73. The molecule has 0 saturated heterocycles. The number of ether oxygens (including phenoxy) is 3. The van der Waals surface area contributed by atoms with Crippen LogP contribution < -0.4 is 14.4 Å². The summed E-state index contributed by atoms with van der Waals surface area (Å²) in [6, 6.07) is 13.1. The number of benzene rings is 2. The molecule has 0 radical (unpaired) electrons. The minimum atomic E-state index is -0.475. The molecule has 2 aromatic carbocycles. The Hall–Kier alpha value is -3.28. The molecule has 28 heavy (non-hydrogen) atoms. The third-order valence-corrected chi connectivity index (χ3v) is 4.48. The number of para-hydroxylation sites is 1. The van der Waals surface area contributed by atoms with E-state index in [9.17, 15) is 9.59 Å². The number of methoxy groups -OCH3 is 2. The highest BCUT2D eigenvalue weighted by Gasteiger charge is 2.31. The lowest BCUT2D eigenvalue weighted by molar-refractivity contribution is -0.142. The minimum Gasteiger partial charge on any atom is -0.493 e. The molecule has 0 bridgehead atoms. The second-order valence-corrected chi connectivity index (χ2v) is 6.31. The number of anilines is 1. The summed E-state index contributed by atoms with van der Waals surface area (Å²) < 4.78 is 15.4. The third kappa shape index (κ3) is 3.86. The normalized spacial score (nSPS) is 14.2. The van der Waals surface area contributed by atoms with Gasteiger partial charge in [-0.05, 0) is 36.3 Å². The first kappa shape index (κ1) is 19.5. The average Bonchev–Trinajstić information content (AvgIpc) is 2.98. The second kappa shape index (κ2) is 8.61.